The fraction of sp³-hybridized carbons (Fsp3) is 0.650. The van der Waals surface area contributed by atoms with Crippen molar-refractivity contribution in [2.24, 2.45) is 4.99 Å². The Morgan fingerprint density at radius 2 is 2.00 bits per heavy atom. The summed E-state index contributed by atoms with van der Waals surface area (Å²) in [5.74, 6) is 0. The van der Waals surface area contributed by atoms with Crippen LogP contribution in [0.25, 0.3) is 0 Å². The maximum atomic E-state index is 9.70. The van der Waals surface area contributed by atoms with Crippen molar-refractivity contribution in [1.82, 2.24) is 0 Å². The number of rotatable bonds is 12. The van der Waals surface area contributed by atoms with E-state index in [2.05, 4.69) is 11.9 Å². The lowest BCUT2D eigenvalue weighted by molar-refractivity contribution is -0.0669. The third-order valence-electron chi connectivity index (χ3n) is 4.35. The van der Waals surface area contributed by atoms with Crippen molar-refractivity contribution in [1.29, 1.82) is 0 Å². The van der Waals surface area contributed by atoms with Gasteiger partial charge in [-0.15, -0.1) is 0 Å². The first-order valence-electron chi connectivity index (χ1n) is 9.12. The number of unbranched alkanes of at least 4 members (excludes halogenated alkanes) is 1. The predicted molar refractivity (Wildman–Crippen MR) is 99.1 cm³/mol. The number of nitrogens with zero attached hydrogens (tertiary/aromatic N) is 1. The van der Waals surface area contributed by atoms with Crippen molar-refractivity contribution >= 4 is 6.21 Å². The van der Waals surface area contributed by atoms with E-state index >= 15 is 0 Å². The van der Waals surface area contributed by atoms with E-state index in [1.807, 2.05) is 44.2 Å². The molecule has 0 aromatic heterocycles. The van der Waals surface area contributed by atoms with E-state index in [-0.39, 0.29) is 24.4 Å². The van der Waals surface area contributed by atoms with Gasteiger partial charge < -0.3 is 19.3 Å². The quantitative estimate of drug-likeness (QED) is 0.358. The van der Waals surface area contributed by atoms with E-state index in [1.165, 1.54) is 0 Å². The summed E-state index contributed by atoms with van der Waals surface area (Å²) < 4.78 is 17.3. The Morgan fingerprint density at radius 3 is 2.60 bits per heavy atom. The monoisotopic (exact) mass is 349 g/mol. The molecule has 5 nitrogen and oxygen atoms in total. The fourth-order valence-corrected chi connectivity index (χ4v) is 2.49. The van der Waals surface area contributed by atoms with Crippen LogP contribution in [-0.4, -0.2) is 55.1 Å². The molecular formula is C20H31NO4. The Labute approximate surface area is 151 Å². The number of aliphatic hydroxyl groups excluding tert-OH is 1. The maximum absolute atomic E-state index is 9.70. The lowest BCUT2D eigenvalue weighted by Crippen LogP contribution is -2.37. The molecule has 0 radical (unpaired) electrons. The molecule has 3 atom stereocenters. The number of hydrogen-bond donors (Lipinski definition) is 1. The molecule has 0 saturated carbocycles. The maximum Gasteiger partial charge on any atom is 0.121 e. The van der Waals surface area contributed by atoms with Gasteiger partial charge in [-0.3, -0.25) is 4.99 Å². The minimum absolute atomic E-state index is 0.0903. The van der Waals surface area contributed by atoms with Gasteiger partial charge in [-0.25, -0.2) is 0 Å². The Hall–Kier alpha value is -1.27. The zero-order valence-electron chi connectivity index (χ0n) is 15.6. The third kappa shape index (κ3) is 6.86. The van der Waals surface area contributed by atoms with Crippen LogP contribution in [0.15, 0.2) is 35.3 Å². The first-order chi connectivity index (χ1) is 12.1. The Kier molecular flexibility index (Phi) is 8.03. The summed E-state index contributed by atoms with van der Waals surface area (Å²) in [5.41, 5.74) is 1.01. The lowest BCUT2D eigenvalue weighted by atomic mass is 10.1. The van der Waals surface area contributed by atoms with E-state index in [9.17, 15) is 5.11 Å². The molecule has 25 heavy (non-hydrogen) atoms. The molecule has 1 aromatic rings. The van der Waals surface area contributed by atoms with Gasteiger partial charge in [0.2, 0.25) is 0 Å². The van der Waals surface area contributed by atoms with Crippen LogP contribution in [0.2, 0.25) is 0 Å². The van der Waals surface area contributed by atoms with E-state index in [0.717, 1.165) is 18.4 Å². The van der Waals surface area contributed by atoms with Gasteiger partial charge in [-0.2, -0.15) is 0 Å². The standard InChI is InChI=1S/C20H31NO4/c1-4-5-11-23-18(14-22)17(24-15-19-20(2,3)25-19)13-21-12-16-9-7-6-8-10-16/h6-10,13,17-19,22H,4-5,11-12,14-15H2,1-3H3/b21-13+. The summed E-state index contributed by atoms with van der Waals surface area (Å²) in [7, 11) is 0. The van der Waals surface area contributed by atoms with Gasteiger partial charge in [0.1, 0.15) is 18.3 Å². The molecule has 0 aliphatic carbocycles. The summed E-state index contributed by atoms with van der Waals surface area (Å²) >= 11 is 0. The second kappa shape index (κ2) is 10.0. The van der Waals surface area contributed by atoms with Crippen molar-refractivity contribution in [3.63, 3.8) is 0 Å². The van der Waals surface area contributed by atoms with E-state index < -0.39 is 6.10 Å². The van der Waals surface area contributed by atoms with Gasteiger partial charge in [-0.1, -0.05) is 43.7 Å². The van der Waals surface area contributed by atoms with Crippen LogP contribution in [0.4, 0.5) is 0 Å². The van der Waals surface area contributed by atoms with Crippen LogP contribution in [-0.2, 0) is 20.8 Å². The number of hydrogen-bond acceptors (Lipinski definition) is 5. The van der Waals surface area contributed by atoms with Crippen molar-refractivity contribution in [3.8, 4) is 0 Å². The number of aliphatic hydroxyl groups is 1. The molecule has 1 aromatic carbocycles. The second-order valence-corrected chi connectivity index (χ2v) is 6.93. The van der Waals surface area contributed by atoms with E-state index in [1.54, 1.807) is 6.21 Å². The smallest absolute Gasteiger partial charge is 0.121 e. The van der Waals surface area contributed by atoms with Gasteiger partial charge in [0.25, 0.3) is 0 Å². The Bertz CT molecular complexity index is 518. The van der Waals surface area contributed by atoms with E-state index in [4.69, 9.17) is 14.2 Å². The molecule has 0 bridgehead atoms. The minimum atomic E-state index is -0.409. The molecule has 5 heteroatoms. The average molecular weight is 349 g/mol. The summed E-state index contributed by atoms with van der Waals surface area (Å²) in [6.07, 6.45) is 3.07. The lowest BCUT2D eigenvalue weighted by Gasteiger charge is -2.23. The van der Waals surface area contributed by atoms with Crippen molar-refractivity contribution in [2.75, 3.05) is 19.8 Å². The topological polar surface area (TPSA) is 63.6 Å². The number of ether oxygens (including phenoxy) is 3. The van der Waals surface area contributed by atoms with Crippen LogP contribution in [0.3, 0.4) is 0 Å². The highest BCUT2D eigenvalue weighted by molar-refractivity contribution is 5.64. The normalized spacial score (nSPS) is 21.4. The summed E-state index contributed by atoms with van der Waals surface area (Å²) in [6, 6.07) is 10.1. The van der Waals surface area contributed by atoms with E-state index in [0.29, 0.717) is 19.8 Å². The van der Waals surface area contributed by atoms with Gasteiger partial charge in [0.15, 0.2) is 0 Å². The fourth-order valence-electron chi connectivity index (χ4n) is 2.49. The Balaban J connectivity index is 1.91. The van der Waals surface area contributed by atoms with Crippen LogP contribution < -0.4 is 0 Å². The van der Waals surface area contributed by atoms with Crippen molar-refractivity contribution in [2.45, 2.75) is 64.1 Å². The highest BCUT2D eigenvalue weighted by Crippen LogP contribution is 2.35. The largest absolute Gasteiger partial charge is 0.394 e. The SMILES string of the molecule is CCCCOC(CO)C(/C=N/Cc1ccccc1)OCC1OC1(C)C. The van der Waals surface area contributed by atoms with Crippen molar-refractivity contribution < 1.29 is 19.3 Å². The third-order valence-corrected chi connectivity index (χ3v) is 4.35. The van der Waals surface area contributed by atoms with Crippen LogP contribution >= 0.6 is 0 Å². The number of aliphatic imine (C=N–C) groups is 1. The molecule has 1 fully saturated rings. The van der Waals surface area contributed by atoms with Gasteiger partial charge >= 0.3 is 0 Å². The van der Waals surface area contributed by atoms with Gasteiger partial charge in [-0.05, 0) is 25.8 Å². The number of benzene rings is 1. The molecule has 1 aliphatic heterocycles. The van der Waals surface area contributed by atoms with Crippen LogP contribution in [0.5, 0.6) is 0 Å². The van der Waals surface area contributed by atoms with Crippen LogP contribution in [0, 0.1) is 0 Å². The Morgan fingerprint density at radius 1 is 1.28 bits per heavy atom. The zero-order chi connectivity index (χ0) is 18.1. The predicted octanol–water partition coefficient (Wildman–Crippen LogP) is 3.00. The molecule has 1 aliphatic rings. The zero-order valence-corrected chi connectivity index (χ0v) is 15.6. The highest BCUT2D eigenvalue weighted by Gasteiger charge is 2.48. The highest BCUT2D eigenvalue weighted by atomic mass is 16.6. The summed E-state index contributed by atoms with van der Waals surface area (Å²) in [6.45, 7) is 7.77. The van der Waals surface area contributed by atoms with Crippen LogP contribution in [0.1, 0.15) is 39.2 Å². The molecule has 2 rings (SSSR count). The molecule has 1 N–H and O–H groups in total. The first-order valence-corrected chi connectivity index (χ1v) is 9.12. The molecule has 0 amide bonds. The molecule has 1 heterocycles. The molecule has 3 unspecified atom stereocenters. The first kappa shape index (κ1) is 20.0. The molecule has 140 valence electrons. The average Bonchev–Trinajstić information content (AvgIpc) is 3.23. The minimum Gasteiger partial charge on any atom is -0.394 e. The van der Waals surface area contributed by atoms with Gasteiger partial charge in [0, 0.05) is 12.8 Å². The second-order valence-electron chi connectivity index (χ2n) is 6.93. The number of epoxide rings is 1. The molecular weight excluding hydrogens is 318 g/mol. The molecule has 1 saturated heterocycles. The van der Waals surface area contributed by atoms with Gasteiger partial charge in [0.05, 0.1) is 25.4 Å². The van der Waals surface area contributed by atoms with Crippen molar-refractivity contribution in [3.05, 3.63) is 35.9 Å². The summed E-state index contributed by atoms with van der Waals surface area (Å²) in [5, 5.41) is 9.70. The summed E-state index contributed by atoms with van der Waals surface area (Å²) in [4.78, 5) is 4.49. The molecule has 0 spiro atoms.